The van der Waals surface area contributed by atoms with Crippen molar-refractivity contribution in [1.82, 2.24) is 15.0 Å². The van der Waals surface area contributed by atoms with Crippen LogP contribution in [-0.4, -0.2) is 15.0 Å². The molecule has 140 valence electrons. The molecule has 4 N–H and O–H groups in total. The third kappa shape index (κ3) is 4.76. The van der Waals surface area contributed by atoms with Crippen LogP contribution in [0.25, 0.3) is 0 Å². The number of pyridine rings is 1. The first kappa shape index (κ1) is 19.2. The Morgan fingerprint density at radius 3 is 2.59 bits per heavy atom. The number of hydrogen-bond acceptors (Lipinski definition) is 7. The summed E-state index contributed by atoms with van der Waals surface area (Å²) in [7, 11) is 0. The number of benzene rings is 1. The Hall–Kier alpha value is -2.62. The molecule has 0 radical (unpaired) electrons. The SMILES string of the molecule is CC(C)c1cc(OCc2cccnc2)c(I)cc1Oc1cnc(N)nc1N. The largest absolute Gasteiger partial charge is 0.488 e. The number of hydrogen-bond donors (Lipinski definition) is 2. The highest BCUT2D eigenvalue weighted by Crippen LogP contribution is 2.38. The van der Waals surface area contributed by atoms with E-state index in [-0.39, 0.29) is 17.7 Å². The number of nitrogens with two attached hydrogens (primary N) is 2. The third-order valence-electron chi connectivity index (χ3n) is 3.82. The van der Waals surface area contributed by atoms with Gasteiger partial charge >= 0.3 is 0 Å². The van der Waals surface area contributed by atoms with Crippen molar-refractivity contribution in [1.29, 1.82) is 0 Å². The minimum atomic E-state index is 0.109. The van der Waals surface area contributed by atoms with Crippen molar-refractivity contribution in [2.75, 3.05) is 11.5 Å². The van der Waals surface area contributed by atoms with Gasteiger partial charge in [0.25, 0.3) is 0 Å². The van der Waals surface area contributed by atoms with Gasteiger partial charge in [0.2, 0.25) is 5.95 Å². The van der Waals surface area contributed by atoms with E-state index in [1.165, 1.54) is 6.20 Å². The number of anilines is 2. The molecule has 1 aromatic carbocycles. The van der Waals surface area contributed by atoms with Gasteiger partial charge in [0.05, 0.1) is 9.77 Å². The van der Waals surface area contributed by atoms with Gasteiger partial charge in [0, 0.05) is 23.5 Å². The van der Waals surface area contributed by atoms with Crippen molar-refractivity contribution >= 4 is 34.4 Å². The molecule has 7 nitrogen and oxygen atoms in total. The predicted molar refractivity (Wildman–Crippen MR) is 113 cm³/mol. The number of halogens is 1. The molecule has 0 atom stereocenters. The summed E-state index contributed by atoms with van der Waals surface area (Å²) in [4.78, 5) is 12.0. The number of ether oxygens (including phenoxy) is 2. The molecule has 27 heavy (non-hydrogen) atoms. The highest BCUT2D eigenvalue weighted by molar-refractivity contribution is 14.1. The van der Waals surface area contributed by atoms with E-state index in [1.54, 1.807) is 12.4 Å². The van der Waals surface area contributed by atoms with E-state index in [0.717, 1.165) is 20.4 Å². The molecule has 0 bridgehead atoms. The molecule has 3 aromatic rings. The molecule has 0 saturated heterocycles. The smallest absolute Gasteiger partial charge is 0.222 e. The van der Waals surface area contributed by atoms with Crippen molar-refractivity contribution in [3.8, 4) is 17.2 Å². The third-order valence-corrected chi connectivity index (χ3v) is 4.67. The van der Waals surface area contributed by atoms with E-state index in [0.29, 0.717) is 18.1 Å². The first-order chi connectivity index (χ1) is 12.9. The highest BCUT2D eigenvalue weighted by Gasteiger charge is 2.16. The Balaban J connectivity index is 1.87. The Bertz CT molecular complexity index is 935. The second kappa shape index (κ2) is 8.38. The molecule has 0 aliphatic heterocycles. The molecule has 0 aliphatic carbocycles. The number of rotatable bonds is 6. The van der Waals surface area contributed by atoms with E-state index in [2.05, 4.69) is 51.4 Å². The van der Waals surface area contributed by atoms with Crippen LogP contribution in [0.3, 0.4) is 0 Å². The van der Waals surface area contributed by atoms with Gasteiger partial charge in [0.15, 0.2) is 11.6 Å². The van der Waals surface area contributed by atoms with Crippen molar-refractivity contribution in [3.63, 3.8) is 0 Å². The summed E-state index contributed by atoms with van der Waals surface area (Å²) in [5.74, 6) is 2.36. The van der Waals surface area contributed by atoms with E-state index in [1.807, 2.05) is 24.3 Å². The quantitative estimate of drug-likeness (QED) is 0.514. The van der Waals surface area contributed by atoms with Crippen LogP contribution in [0.4, 0.5) is 11.8 Å². The predicted octanol–water partition coefficient (Wildman–Crippen LogP) is 4.14. The molecule has 0 amide bonds. The first-order valence-electron chi connectivity index (χ1n) is 8.35. The minimum Gasteiger partial charge on any atom is -0.488 e. The number of aromatic nitrogens is 3. The van der Waals surface area contributed by atoms with Gasteiger partial charge in [-0.25, -0.2) is 4.98 Å². The lowest BCUT2D eigenvalue weighted by atomic mass is 10.0. The summed E-state index contributed by atoms with van der Waals surface area (Å²) in [6, 6.07) is 7.78. The Morgan fingerprint density at radius 2 is 1.93 bits per heavy atom. The molecular formula is C19H20IN5O2. The second-order valence-electron chi connectivity index (χ2n) is 6.20. The normalized spacial score (nSPS) is 10.8. The van der Waals surface area contributed by atoms with E-state index in [9.17, 15) is 0 Å². The zero-order valence-corrected chi connectivity index (χ0v) is 17.2. The van der Waals surface area contributed by atoms with Crippen LogP contribution in [0.15, 0.2) is 42.9 Å². The molecule has 0 fully saturated rings. The molecule has 0 spiro atoms. The zero-order chi connectivity index (χ0) is 19.4. The van der Waals surface area contributed by atoms with Gasteiger partial charge in [-0.2, -0.15) is 4.98 Å². The van der Waals surface area contributed by atoms with Gasteiger partial charge < -0.3 is 20.9 Å². The fourth-order valence-electron chi connectivity index (χ4n) is 2.44. The van der Waals surface area contributed by atoms with Gasteiger partial charge in [0.1, 0.15) is 18.1 Å². The summed E-state index contributed by atoms with van der Waals surface area (Å²) >= 11 is 2.22. The van der Waals surface area contributed by atoms with Crippen molar-refractivity contribution in [3.05, 3.63) is 57.6 Å². The second-order valence-corrected chi connectivity index (χ2v) is 7.37. The number of nitrogens with zero attached hydrogens (tertiary/aromatic N) is 3. The van der Waals surface area contributed by atoms with Crippen LogP contribution >= 0.6 is 22.6 Å². The van der Waals surface area contributed by atoms with Gasteiger partial charge in [-0.3, -0.25) is 4.98 Å². The summed E-state index contributed by atoms with van der Waals surface area (Å²) in [6.07, 6.45) is 5.00. The van der Waals surface area contributed by atoms with Crippen LogP contribution in [-0.2, 0) is 6.61 Å². The van der Waals surface area contributed by atoms with Gasteiger partial charge in [-0.05, 0) is 46.7 Å². The van der Waals surface area contributed by atoms with Gasteiger partial charge in [-0.15, -0.1) is 0 Å². The Labute approximate surface area is 171 Å². The Morgan fingerprint density at radius 1 is 1.11 bits per heavy atom. The summed E-state index contributed by atoms with van der Waals surface area (Å²) in [6.45, 7) is 4.62. The standard InChI is InChI=1S/C19H20IN5O2/c1-11(2)13-6-16(26-10-12-4-3-5-23-8-12)14(20)7-15(13)27-17-9-24-19(22)25-18(17)21/h3-9,11H,10H2,1-2H3,(H4,21,22,24,25). The summed E-state index contributed by atoms with van der Waals surface area (Å²) in [5, 5.41) is 0. The summed E-state index contributed by atoms with van der Waals surface area (Å²) < 4.78 is 12.9. The fraction of sp³-hybridized carbons (Fsp3) is 0.211. The van der Waals surface area contributed by atoms with Crippen LogP contribution < -0.4 is 20.9 Å². The maximum Gasteiger partial charge on any atom is 0.222 e. The average molecular weight is 477 g/mol. The van der Waals surface area contributed by atoms with E-state index in [4.69, 9.17) is 20.9 Å². The van der Waals surface area contributed by atoms with Crippen LogP contribution in [0.1, 0.15) is 30.9 Å². The fourth-order valence-corrected chi connectivity index (χ4v) is 3.04. The van der Waals surface area contributed by atoms with Crippen LogP contribution in [0, 0.1) is 3.57 Å². The monoisotopic (exact) mass is 477 g/mol. The van der Waals surface area contributed by atoms with Gasteiger partial charge in [-0.1, -0.05) is 19.9 Å². The molecular weight excluding hydrogens is 457 g/mol. The lowest BCUT2D eigenvalue weighted by Gasteiger charge is -2.18. The van der Waals surface area contributed by atoms with E-state index >= 15 is 0 Å². The maximum absolute atomic E-state index is 5.99. The molecule has 3 rings (SSSR count). The van der Waals surface area contributed by atoms with Crippen LogP contribution in [0.2, 0.25) is 0 Å². The first-order valence-corrected chi connectivity index (χ1v) is 9.43. The average Bonchev–Trinajstić information content (AvgIpc) is 2.64. The topological polar surface area (TPSA) is 109 Å². The van der Waals surface area contributed by atoms with Crippen molar-refractivity contribution in [2.24, 2.45) is 0 Å². The Kier molecular flexibility index (Phi) is 5.94. The maximum atomic E-state index is 5.99. The molecule has 2 aromatic heterocycles. The summed E-state index contributed by atoms with van der Waals surface area (Å²) in [5.41, 5.74) is 13.4. The molecule has 0 aliphatic rings. The van der Waals surface area contributed by atoms with Crippen LogP contribution in [0.5, 0.6) is 17.2 Å². The molecule has 0 saturated carbocycles. The molecule has 2 heterocycles. The minimum absolute atomic E-state index is 0.109. The molecule has 8 heteroatoms. The lowest BCUT2D eigenvalue weighted by molar-refractivity contribution is 0.302. The molecule has 0 unspecified atom stereocenters. The van der Waals surface area contributed by atoms with Crippen molar-refractivity contribution in [2.45, 2.75) is 26.4 Å². The number of nitrogen functional groups attached to an aromatic ring is 2. The highest BCUT2D eigenvalue weighted by atomic mass is 127. The van der Waals surface area contributed by atoms with Crippen molar-refractivity contribution < 1.29 is 9.47 Å². The lowest BCUT2D eigenvalue weighted by Crippen LogP contribution is -2.04. The zero-order valence-electron chi connectivity index (χ0n) is 15.0. The van der Waals surface area contributed by atoms with E-state index < -0.39 is 0 Å².